The quantitative estimate of drug-likeness (QED) is 0.891. The number of hydrogen-bond donors (Lipinski definition) is 1. The summed E-state index contributed by atoms with van der Waals surface area (Å²) in [5.74, 6) is 1.61. The molecule has 1 amide bonds. The molecule has 20 heavy (non-hydrogen) atoms. The first-order valence-corrected chi connectivity index (χ1v) is 7.37. The Morgan fingerprint density at radius 3 is 3.15 bits per heavy atom. The van der Waals surface area contributed by atoms with Crippen LogP contribution in [-0.4, -0.2) is 41.9 Å². The summed E-state index contributed by atoms with van der Waals surface area (Å²) in [7, 11) is 0. The summed E-state index contributed by atoms with van der Waals surface area (Å²) < 4.78 is 10.3. The van der Waals surface area contributed by atoms with E-state index in [0.717, 1.165) is 24.4 Å². The van der Waals surface area contributed by atoms with Crippen molar-refractivity contribution in [1.29, 1.82) is 0 Å². The average molecular weight is 279 g/mol. The van der Waals surface area contributed by atoms with Crippen LogP contribution in [0.3, 0.4) is 0 Å². The summed E-state index contributed by atoms with van der Waals surface area (Å²) in [4.78, 5) is 13.3. The van der Waals surface area contributed by atoms with E-state index >= 15 is 0 Å². The molecule has 1 saturated heterocycles. The molecule has 0 aromatic carbocycles. The lowest BCUT2D eigenvalue weighted by atomic mass is 10.2. The van der Waals surface area contributed by atoms with Gasteiger partial charge < -0.3 is 19.5 Å². The lowest BCUT2D eigenvalue weighted by Gasteiger charge is -2.15. The van der Waals surface area contributed by atoms with E-state index in [-0.39, 0.29) is 6.09 Å². The van der Waals surface area contributed by atoms with Gasteiger partial charge in [-0.3, -0.25) is 0 Å². The van der Waals surface area contributed by atoms with Gasteiger partial charge in [0.15, 0.2) is 0 Å². The lowest BCUT2D eigenvalue weighted by molar-refractivity contribution is 0.115. The van der Waals surface area contributed by atoms with Gasteiger partial charge in [-0.1, -0.05) is 5.16 Å². The van der Waals surface area contributed by atoms with Crippen LogP contribution in [0.1, 0.15) is 43.6 Å². The monoisotopic (exact) mass is 279 g/mol. The molecule has 2 aliphatic rings. The van der Waals surface area contributed by atoms with Crippen LogP contribution < -0.4 is 5.32 Å². The van der Waals surface area contributed by atoms with E-state index in [1.165, 1.54) is 12.8 Å². The molecule has 1 N–H and O–H groups in total. The fourth-order valence-corrected chi connectivity index (χ4v) is 2.53. The van der Waals surface area contributed by atoms with Crippen molar-refractivity contribution in [2.45, 2.75) is 44.7 Å². The van der Waals surface area contributed by atoms with Crippen molar-refractivity contribution in [1.82, 2.24) is 15.4 Å². The van der Waals surface area contributed by atoms with E-state index in [0.29, 0.717) is 31.7 Å². The number of carbonyl (C=O) groups is 1. The number of nitrogens with one attached hydrogen (secondary N) is 1. The Bertz CT molecular complexity index is 470. The fourth-order valence-electron chi connectivity index (χ4n) is 2.53. The summed E-state index contributed by atoms with van der Waals surface area (Å²) in [6.07, 6.45) is 3.18. The van der Waals surface area contributed by atoms with Crippen molar-refractivity contribution in [2.75, 3.05) is 19.7 Å². The third-order valence-electron chi connectivity index (χ3n) is 3.84. The Hall–Kier alpha value is -1.56. The van der Waals surface area contributed by atoms with Gasteiger partial charge in [0.05, 0.1) is 12.3 Å². The van der Waals surface area contributed by atoms with E-state index in [1.54, 1.807) is 4.90 Å². The predicted molar refractivity (Wildman–Crippen MR) is 72.3 cm³/mol. The van der Waals surface area contributed by atoms with Crippen molar-refractivity contribution in [3.8, 4) is 0 Å². The molecule has 3 rings (SSSR count). The van der Waals surface area contributed by atoms with E-state index in [4.69, 9.17) is 9.26 Å². The molecule has 0 bridgehead atoms. The molecule has 6 heteroatoms. The van der Waals surface area contributed by atoms with Gasteiger partial charge in [-0.2, -0.15) is 0 Å². The summed E-state index contributed by atoms with van der Waals surface area (Å²) in [6.45, 7) is 4.40. The number of nitrogens with zero attached hydrogens (tertiary/aromatic N) is 2. The number of likely N-dealkylation sites (tertiary alicyclic amines) is 1. The minimum Gasteiger partial charge on any atom is -0.450 e. The molecular formula is C14H21N3O3. The van der Waals surface area contributed by atoms with Crippen molar-refractivity contribution < 1.29 is 14.1 Å². The highest BCUT2D eigenvalue weighted by atomic mass is 16.6. The van der Waals surface area contributed by atoms with E-state index in [9.17, 15) is 4.79 Å². The second kappa shape index (κ2) is 5.83. The normalized spacial score (nSPS) is 22.2. The van der Waals surface area contributed by atoms with Gasteiger partial charge in [-0.25, -0.2) is 4.79 Å². The van der Waals surface area contributed by atoms with Crippen LogP contribution in [-0.2, 0) is 11.3 Å². The lowest BCUT2D eigenvalue weighted by Crippen LogP contribution is -2.35. The zero-order chi connectivity index (χ0) is 13.9. The molecule has 1 aliphatic heterocycles. The molecule has 2 heterocycles. The van der Waals surface area contributed by atoms with Crippen LogP contribution in [0.25, 0.3) is 0 Å². The molecule has 1 aromatic heterocycles. The number of carbonyl (C=O) groups excluding carboxylic acids is 1. The number of rotatable bonds is 5. The topological polar surface area (TPSA) is 67.6 Å². The van der Waals surface area contributed by atoms with E-state index in [2.05, 4.69) is 10.5 Å². The predicted octanol–water partition coefficient (Wildman–Crippen LogP) is 1.87. The zero-order valence-electron chi connectivity index (χ0n) is 11.8. The molecule has 1 saturated carbocycles. The summed E-state index contributed by atoms with van der Waals surface area (Å²) in [5, 5.41) is 7.50. The molecule has 110 valence electrons. The summed E-state index contributed by atoms with van der Waals surface area (Å²) in [5.41, 5.74) is 0.946. The molecular weight excluding hydrogens is 258 g/mol. The Morgan fingerprint density at radius 1 is 1.55 bits per heavy atom. The van der Waals surface area contributed by atoms with E-state index in [1.807, 2.05) is 13.0 Å². The average Bonchev–Trinajstić information content (AvgIpc) is 3.01. The maximum Gasteiger partial charge on any atom is 0.409 e. The molecule has 0 radical (unpaired) electrons. The van der Waals surface area contributed by atoms with Crippen molar-refractivity contribution in [3.63, 3.8) is 0 Å². The fraction of sp³-hybridized carbons (Fsp3) is 0.714. The third-order valence-corrected chi connectivity index (χ3v) is 3.84. The highest BCUT2D eigenvalue weighted by Crippen LogP contribution is 2.40. The molecule has 1 atom stereocenters. The zero-order valence-corrected chi connectivity index (χ0v) is 11.8. The number of aromatic nitrogens is 1. The number of amides is 1. The van der Waals surface area contributed by atoms with Crippen LogP contribution in [0.2, 0.25) is 0 Å². The second-order valence-corrected chi connectivity index (χ2v) is 5.51. The van der Waals surface area contributed by atoms with Gasteiger partial charge in [0, 0.05) is 37.7 Å². The van der Waals surface area contributed by atoms with Gasteiger partial charge >= 0.3 is 6.09 Å². The number of hydrogen-bond acceptors (Lipinski definition) is 5. The molecule has 0 unspecified atom stereocenters. The van der Waals surface area contributed by atoms with Gasteiger partial charge in [0.1, 0.15) is 5.76 Å². The summed E-state index contributed by atoms with van der Waals surface area (Å²) in [6, 6.07) is 2.35. The van der Waals surface area contributed by atoms with Crippen LogP contribution in [0.5, 0.6) is 0 Å². The van der Waals surface area contributed by atoms with Gasteiger partial charge in [0.25, 0.3) is 0 Å². The Labute approximate surface area is 118 Å². The maximum absolute atomic E-state index is 11.6. The highest BCUT2D eigenvalue weighted by molar-refractivity contribution is 5.68. The van der Waals surface area contributed by atoms with E-state index < -0.39 is 0 Å². The van der Waals surface area contributed by atoms with Crippen molar-refractivity contribution in [2.24, 2.45) is 0 Å². The Kier molecular flexibility index (Phi) is 3.91. The van der Waals surface area contributed by atoms with Crippen LogP contribution in [0.15, 0.2) is 10.6 Å². The Morgan fingerprint density at radius 2 is 2.40 bits per heavy atom. The van der Waals surface area contributed by atoms with Gasteiger partial charge in [-0.05, 0) is 26.2 Å². The number of ether oxygens (including phenoxy) is 1. The first-order chi connectivity index (χ1) is 9.76. The van der Waals surface area contributed by atoms with Crippen LogP contribution in [0, 0.1) is 0 Å². The van der Waals surface area contributed by atoms with Gasteiger partial charge in [-0.15, -0.1) is 0 Å². The molecule has 1 aromatic rings. The molecule has 6 nitrogen and oxygen atoms in total. The minimum absolute atomic E-state index is 0.214. The largest absolute Gasteiger partial charge is 0.450 e. The first-order valence-electron chi connectivity index (χ1n) is 7.37. The van der Waals surface area contributed by atoms with Gasteiger partial charge in [0.2, 0.25) is 0 Å². The molecule has 1 aliphatic carbocycles. The summed E-state index contributed by atoms with van der Waals surface area (Å²) >= 11 is 0. The highest BCUT2D eigenvalue weighted by Gasteiger charge is 2.29. The SMILES string of the molecule is CCOC(=O)N1CC[C@H](NCc2cc(C3CC3)on2)C1. The third kappa shape index (κ3) is 3.12. The molecule has 0 spiro atoms. The first kappa shape index (κ1) is 13.4. The Balaban J connectivity index is 1.43. The smallest absolute Gasteiger partial charge is 0.409 e. The van der Waals surface area contributed by atoms with Crippen LogP contribution >= 0.6 is 0 Å². The second-order valence-electron chi connectivity index (χ2n) is 5.51. The molecule has 2 fully saturated rings. The van der Waals surface area contributed by atoms with Crippen molar-refractivity contribution in [3.05, 3.63) is 17.5 Å². The maximum atomic E-state index is 11.6. The van der Waals surface area contributed by atoms with Crippen molar-refractivity contribution >= 4 is 6.09 Å². The standard InChI is InChI=1S/C14H21N3O3/c1-2-19-14(18)17-6-5-11(9-17)15-8-12-7-13(20-16-12)10-3-4-10/h7,10-11,15H,2-6,8-9H2,1H3/t11-/m0/s1. The minimum atomic E-state index is -0.214. The van der Waals surface area contributed by atoms with Crippen LogP contribution in [0.4, 0.5) is 4.79 Å².